The Labute approximate surface area is 152 Å². The Hall–Kier alpha value is -2.39. The van der Waals surface area contributed by atoms with Gasteiger partial charge in [-0.3, -0.25) is 13.9 Å². The minimum absolute atomic E-state index is 0.129. The second-order valence-electron chi connectivity index (χ2n) is 5.61. The fourth-order valence-electron chi connectivity index (χ4n) is 2.52. The third-order valence-corrected chi connectivity index (χ3v) is 5.45. The maximum atomic E-state index is 12.2. The number of hydrogen-bond acceptors (Lipinski definition) is 7. The van der Waals surface area contributed by atoms with Gasteiger partial charge in [0.2, 0.25) is 0 Å². The Morgan fingerprint density at radius 1 is 1.28 bits per heavy atom. The van der Waals surface area contributed by atoms with E-state index in [0.29, 0.717) is 27.5 Å². The van der Waals surface area contributed by atoms with Crippen LogP contribution in [0.25, 0.3) is 0 Å². The predicted octanol–water partition coefficient (Wildman–Crippen LogP) is 2.07. The van der Waals surface area contributed by atoms with Gasteiger partial charge in [-0.2, -0.15) is 0 Å². The Kier molecular flexibility index (Phi) is 4.53. The highest BCUT2D eigenvalue weighted by atomic mass is 32.2. The minimum Gasteiger partial charge on any atom is -0.504 e. The smallest absolute Gasteiger partial charge is 0.330 e. The maximum Gasteiger partial charge on any atom is 0.330 e. The van der Waals surface area contributed by atoms with E-state index >= 15 is 0 Å². The zero-order chi connectivity index (χ0) is 18.3. The highest BCUT2D eigenvalue weighted by Gasteiger charge is 2.22. The Morgan fingerprint density at radius 2 is 2.00 bits per heavy atom. The molecule has 1 aliphatic heterocycles. The topological polar surface area (TPSA) is 96.8 Å². The molecule has 0 amide bonds. The van der Waals surface area contributed by atoms with E-state index in [0.717, 1.165) is 5.56 Å². The standard InChI is InChI=1S/C16H15N3O4S2/c1-18-14-9(15(24)19(2)16(18)23)6-13(17-14)25-7-12(22)8-3-4-10(20)11(21)5-8/h3-5,20-21H,6-7H2,1-2H3. The summed E-state index contributed by atoms with van der Waals surface area (Å²) in [4.78, 5) is 28.7. The van der Waals surface area contributed by atoms with Crippen molar-refractivity contribution in [2.45, 2.75) is 6.42 Å². The van der Waals surface area contributed by atoms with Crippen molar-refractivity contribution in [3.63, 3.8) is 0 Å². The third kappa shape index (κ3) is 3.12. The van der Waals surface area contributed by atoms with Gasteiger partial charge in [0.05, 0.1) is 10.8 Å². The van der Waals surface area contributed by atoms with E-state index in [-0.39, 0.29) is 28.7 Å². The lowest BCUT2D eigenvalue weighted by molar-refractivity contribution is 0.102. The molecule has 0 bridgehead atoms. The van der Waals surface area contributed by atoms with Gasteiger partial charge in [-0.05, 0) is 18.2 Å². The van der Waals surface area contributed by atoms with Crippen LogP contribution in [0.1, 0.15) is 15.9 Å². The summed E-state index contributed by atoms with van der Waals surface area (Å²) in [6.07, 6.45) is 0.481. The van der Waals surface area contributed by atoms with Gasteiger partial charge in [0.15, 0.2) is 17.3 Å². The van der Waals surface area contributed by atoms with Gasteiger partial charge in [-0.25, -0.2) is 9.79 Å². The monoisotopic (exact) mass is 377 g/mol. The maximum absolute atomic E-state index is 12.2. The van der Waals surface area contributed by atoms with Gasteiger partial charge < -0.3 is 10.2 Å². The van der Waals surface area contributed by atoms with E-state index in [1.54, 1.807) is 14.1 Å². The van der Waals surface area contributed by atoms with Crippen LogP contribution in [0.3, 0.4) is 0 Å². The zero-order valence-corrected chi connectivity index (χ0v) is 15.1. The van der Waals surface area contributed by atoms with Crippen molar-refractivity contribution < 1.29 is 15.0 Å². The van der Waals surface area contributed by atoms with Crippen LogP contribution >= 0.6 is 24.0 Å². The summed E-state index contributed by atoms with van der Waals surface area (Å²) >= 11 is 6.58. The first-order valence-corrected chi connectivity index (χ1v) is 8.73. The minimum atomic E-state index is -0.334. The van der Waals surface area contributed by atoms with Crippen molar-refractivity contribution in [3.8, 4) is 11.5 Å². The number of rotatable bonds is 3. The van der Waals surface area contributed by atoms with Crippen molar-refractivity contribution in [2.24, 2.45) is 19.1 Å². The van der Waals surface area contributed by atoms with Crippen LogP contribution in [0.4, 0.5) is 5.82 Å². The highest BCUT2D eigenvalue weighted by molar-refractivity contribution is 8.14. The molecule has 0 spiro atoms. The molecule has 0 saturated carbocycles. The molecule has 1 aliphatic rings. The first-order chi connectivity index (χ1) is 11.8. The molecule has 7 nitrogen and oxygen atoms in total. The summed E-state index contributed by atoms with van der Waals surface area (Å²) < 4.78 is 3.30. The van der Waals surface area contributed by atoms with Crippen LogP contribution in [0.5, 0.6) is 11.5 Å². The number of aliphatic imine (C=N–C) groups is 1. The number of nitrogens with zero attached hydrogens (tertiary/aromatic N) is 3. The molecule has 2 aromatic rings. The molecule has 130 valence electrons. The number of hydrogen-bond donors (Lipinski definition) is 2. The molecule has 3 rings (SSSR count). The van der Waals surface area contributed by atoms with Crippen molar-refractivity contribution in [1.29, 1.82) is 0 Å². The predicted molar refractivity (Wildman–Crippen MR) is 98.8 cm³/mol. The van der Waals surface area contributed by atoms with Gasteiger partial charge in [0.1, 0.15) is 10.5 Å². The fraction of sp³-hybridized carbons (Fsp3) is 0.250. The molecule has 9 heteroatoms. The number of phenolic OH excluding ortho intramolecular Hbond substituents is 2. The van der Waals surface area contributed by atoms with E-state index in [1.807, 2.05) is 0 Å². The van der Waals surface area contributed by atoms with Gasteiger partial charge in [0.25, 0.3) is 0 Å². The Balaban J connectivity index is 1.77. The SMILES string of the molecule is Cn1c2c(c(=S)n(C)c1=O)CC(SCC(=O)c1ccc(O)c(O)c1)=N2. The fourth-order valence-corrected chi connectivity index (χ4v) is 3.62. The summed E-state index contributed by atoms with van der Waals surface area (Å²) in [6, 6.07) is 3.96. The normalized spacial score (nSPS) is 12.8. The van der Waals surface area contributed by atoms with E-state index in [2.05, 4.69) is 4.99 Å². The van der Waals surface area contributed by atoms with Gasteiger partial charge in [0, 0.05) is 31.6 Å². The molecule has 1 aromatic heterocycles. The lowest BCUT2D eigenvalue weighted by Gasteiger charge is -2.07. The van der Waals surface area contributed by atoms with Gasteiger partial charge in [-0.15, -0.1) is 11.8 Å². The molecular formula is C16H15N3O4S2. The van der Waals surface area contributed by atoms with Gasteiger partial charge >= 0.3 is 5.69 Å². The van der Waals surface area contributed by atoms with Crippen molar-refractivity contribution in [2.75, 3.05) is 5.75 Å². The lowest BCUT2D eigenvalue weighted by atomic mass is 10.1. The molecule has 2 N–H and O–H groups in total. The van der Waals surface area contributed by atoms with Crippen LogP contribution in [-0.2, 0) is 20.5 Å². The Morgan fingerprint density at radius 3 is 2.68 bits per heavy atom. The van der Waals surface area contributed by atoms with Crippen LogP contribution < -0.4 is 5.69 Å². The van der Waals surface area contributed by atoms with Gasteiger partial charge in [-0.1, -0.05) is 12.2 Å². The number of benzene rings is 1. The third-order valence-electron chi connectivity index (χ3n) is 3.95. The van der Waals surface area contributed by atoms with Crippen LogP contribution in [-0.4, -0.2) is 35.9 Å². The first kappa shape index (κ1) is 17.4. The largest absolute Gasteiger partial charge is 0.504 e. The highest BCUT2D eigenvalue weighted by Crippen LogP contribution is 2.30. The van der Waals surface area contributed by atoms with Crippen molar-refractivity contribution >= 4 is 40.6 Å². The number of carbonyl (C=O) groups is 1. The summed E-state index contributed by atoms with van der Waals surface area (Å²) in [5.74, 6) is -0.141. The van der Waals surface area contributed by atoms with Crippen LogP contribution in [0, 0.1) is 4.64 Å². The number of carbonyl (C=O) groups excluding carboxylic acids is 1. The number of aromatic hydroxyl groups is 2. The summed E-state index contributed by atoms with van der Waals surface area (Å²) in [5.41, 5.74) is 0.868. The molecule has 2 heterocycles. The second kappa shape index (κ2) is 6.49. The second-order valence-corrected chi connectivity index (χ2v) is 7.04. The van der Waals surface area contributed by atoms with Crippen LogP contribution in [0.2, 0.25) is 0 Å². The van der Waals surface area contributed by atoms with Crippen LogP contribution in [0.15, 0.2) is 28.0 Å². The molecule has 0 fully saturated rings. The molecular weight excluding hydrogens is 362 g/mol. The molecule has 0 radical (unpaired) electrons. The molecule has 0 atom stereocenters. The number of fused-ring (bicyclic) bond motifs is 1. The van der Waals surface area contributed by atoms with Crippen molar-refractivity contribution in [3.05, 3.63) is 44.5 Å². The average Bonchev–Trinajstić information content (AvgIpc) is 3.03. The number of thioether (sulfide) groups is 1. The quantitative estimate of drug-likeness (QED) is 0.483. The van der Waals surface area contributed by atoms with E-state index in [4.69, 9.17) is 12.2 Å². The molecule has 0 saturated heterocycles. The number of ketones is 1. The summed E-state index contributed by atoms with van der Waals surface area (Å²) in [6.45, 7) is 0. The zero-order valence-electron chi connectivity index (χ0n) is 13.5. The van der Waals surface area contributed by atoms with Crippen molar-refractivity contribution in [1.82, 2.24) is 9.13 Å². The number of phenols is 2. The number of Topliss-reactive ketones (excluding diaryl/α,β-unsaturated/α-hetero) is 1. The number of aromatic nitrogens is 2. The lowest BCUT2D eigenvalue weighted by Crippen LogP contribution is -2.28. The van der Waals surface area contributed by atoms with E-state index < -0.39 is 0 Å². The first-order valence-electron chi connectivity index (χ1n) is 7.34. The molecule has 1 aromatic carbocycles. The molecule has 25 heavy (non-hydrogen) atoms. The summed E-state index contributed by atoms with van der Waals surface area (Å²) in [5, 5.41) is 19.5. The van der Waals surface area contributed by atoms with E-state index in [1.165, 1.54) is 39.1 Å². The molecule has 0 unspecified atom stereocenters. The van der Waals surface area contributed by atoms with E-state index in [9.17, 15) is 19.8 Å². The Bertz CT molecular complexity index is 1040. The summed E-state index contributed by atoms with van der Waals surface area (Å²) in [7, 11) is 3.26. The molecule has 0 aliphatic carbocycles. The average molecular weight is 377 g/mol.